The summed E-state index contributed by atoms with van der Waals surface area (Å²) in [4.78, 5) is 4.89. The van der Waals surface area contributed by atoms with Crippen LogP contribution in [0.2, 0.25) is 19.6 Å². The molecule has 2 heterocycles. The summed E-state index contributed by atoms with van der Waals surface area (Å²) in [5, 5.41) is 13.1. The predicted molar refractivity (Wildman–Crippen MR) is 103 cm³/mol. The van der Waals surface area contributed by atoms with E-state index in [1.54, 1.807) is 0 Å². The van der Waals surface area contributed by atoms with E-state index in [9.17, 15) is 5.26 Å². The van der Waals surface area contributed by atoms with Crippen LogP contribution in [0.1, 0.15) is 5.56 Å². The molecule has 4 heteroatoms. The van der Waals surface area contributed by atoms with E-state index >= 15 is 0 Å². The number of nitriles is 1. The van der Waals surface area contributed by atoms with Crippen LogP contribution in [0.4, 0.5) is 0 Å². The van der Waals surface area contributed by atoms with Crippen molar-refractivity contribution in [3.8, 4) is 17.5 Å². The van der Waals surface area contributed by atoms with Crippen LogP contribution in [0.5, 0.6) is 0 Å². The normalized spacial score (nSPS) is 12.1. The van der Waals surface area contributed by atoms with Gasteiger partial charge in [-0.25, -0.2) is 4.98 Å². The number of pyridine rings is 1. The minimum atomic E-state index is -1.63. The number of rotatable bonds is 1. The first-order valence-electron chi connectivity index (χ1n) is 8.13. The van der Waals surface area contributed by atoms with E-state index in [4.69, 9.17) is 4.98 Å². The van der Waals surface area contributed by atoms with Crippen molar-refractivity contribution >= 4 is 35.1 Å². The average molecular weight is 329 g/mol. The Kier molecular flexibility index (Phi) is 3.06. The molecule has 0 saturated carbocycles. The second-order valence-corrected chi connectivity index (χ2v) is 12.4. The zero-order valence-electron chi connectivity index (χ0n) is 14.4. The monoisotopic (exact) mass is 329 g/mol. The number of nitrogens with zero attached hydrogens (tertiary/aromatic N) is 3. The summed E-state index contributed by atoms with van der Waals surface area (Å²) in [6, 6.07) is 16.6. The molecule has 3 nitrogen and oxygen atoms in total. The Labute approximate surface area is 142 Å². The standard InChI is InChI=1S/C20H19N3Si/c1-23-17-8-6-5-7-14(17)19(24(2,3)4)18-15-11-13(12-21)9-10-16(15)22-20(18)23/h5-11H,1-4H3. The summed E-state index contributed by atoms with van der Waals surface area (Å²) < 4.78 is 2.18. The van der Waals surface area contributed by atoms with E-state index in [2.05, 4.69) is 61.6 Å². The van der Waals surface area contributed by atoms with Gasteiger partial charge < -0.3 is 4.57 Å². The maximum Gasteiger partial charge on any atom is 0.141 e. The molecule has 2 aromatic rings. The van der Waals surface area contributed by atoms with E-state index in [1.807, 2.05) is 18.2 Å². The smallest absolute Gasteiger partial charge is 0.141 e. The Bertz CT molecular complexity index is 1110. The lowest BCUT2D eigenvalue weighted by atomic mass is 10.1. The Balaban J connectivity index is 2.33. The number of aromatic nitrogens is 2. The third-order valence-corrected chi connectivity index (χ3v) is 6.72. The van der Waals surface area contributed by atoms with Gasteiger partial charge in [0.2, 0.25) is 0 Å². The third-order valence-electron chi connectivity index (χ3n) is 4.70. The van der Waals surface area contributed by atoms with Crippen molar-refractivity contribution < 1.29 is 0 Å². The van der Waals surface area contributed by atoms with Crippen molar-refractivity contribution in [3.05, 3.63) is 48.0 Å². The van der Waals surface area contributed by atoms with Gasteiger partial charge in [0.05, 0.1) is 25.2 Å². The van der Waals surface area contributed by atoms with E-state index in [0.29, 0.717) is 5.56 Å². The highest BCUT2D eigenvalue weighted by Gasteiger charge is 2.29. The zero-order chi connectivity index (χ0) is 17.1. The Morgan fingerprint density at radius 3 is 2.50 bits per heavy atom. The van der Waals surface area contributed by atoms with E-state index in [-0.39, 0.29) is 0 Å². The lowest BCUT2D eigenvalue weighted by Gasteiger charge is -2.25. The molecule has 4 rings (SSSR count). The summed E-state index contributed by atoms with van der Waals surface area (Å²) in [6.45, 7) is 7.13. The molecule has 0 atom stereocenters. The molecule has 0 aliphatic carbocycles. The predicted octanol–water partition coefficient (Wildman–Crippen LogP) is 4.25. The molecule has 0 N–H and O–H groups in total. The van der Waals surface area contributed by atoms with Gasteiger partial charge in [0.15, 0.2) is 0 Å². The molecular weight excluding hydrogens is 310 g/mol. The number of para-hydroxylation sites is 1. The molecule has 118 valence electrons. The SMILES string of the molecule is Cn1c2nc3ccc(C#N)cc3c-2c([Si](C)(C)C)c2ccccc21. The summed E-state index contributed by atoms with van der Waals surface area (Å²) in [5.74, 6) is 1.01. The minimum absolute atomic E-state index is 0.689. The van der Waals surface area contributed by atoms with Crippen molar-refractivity contribution in [3.63, 3.8) is 0 Å². The highest BCUT2D eigenvalue weighted by atomic mass is 28.3. The lowest BCUT2D eigenvalue weighted by molar-refractivity contribution is 0.941. The number of fused-ring (bicyclic) bond motifs is 4. The fourth-order valence-electron chi connectivity index (χ4n) is 3.69. The maximum atomic E-state index is 9.30. The van der Waals surface area contributed by atoms with Crippen LogP contribution in [0.25, 0.3) is 33.2 Å². The highest BCUT2D eigenvalue weighted by molar-refractivity contribution is 6.91. The molecule has 0 aromatic heterocycles. The van der Waals surface area contributed by atoms with Crippen LogP contribution >= 0.6 is 0 Å². The molecule has 0 unspecified atom stereocenters. The van der Waals surface area contributed by atoms with Crippen LogP contribution in [0.3, 0.4) is 0 Å². The molecule has 2 aromatic carbocycles. The molecule has 0 fully saturated rings. The van der Waals surface area contributed by atoms with Gasteiger partial charge in [-0.15, -0.1) is 0 Å². The fraction of sp³-hybridized carbons (Fsp3) is 0.200. The first kappa shape index (κ1) is 14.9. The van der Waals surface area contributed by atoms with Crippen LogP contribution < -0.4 is 5.19 Å². The third kappa shape index (κ3) is 1.98. The number of hydrogen-bond donors (Lipinski definition) is 0. The molecule has 2 aliphatic heterocycles. The van der Waals surface area contributed by atoms with Crippen molar-refractivity contribution in [1.82, 2.24) is 9.55 Å². The van der Waals surface area contributed by atoms with Gasteiger partial charge in [0.1, 0.15) is 5.82 Å². The largest absolute Gasteiger partial charge is 0.328 e. The summed E-state index contributed by atoms with van der Waals surface area (Å²) in [6.07, 6.45) is 0. The van der Waals surface area contributed by atoms with Crippen LogP contribution in [-0.2, 0) is 7.05 Å². The second-order valence-electron chi connectivity index (χ2n) is 7.36. The molecular formula is C20H19N3Si. The van der Waals surface area contributed by atoms with Gasteiger partial charge in [0, 0.05) is 23.5 Å². The Morgan fingerprint density at radius 2 is 1.79 bits per heavy atom. The van der Waals surface area contributed by atoms with Crippen LogP contribution in [0.15, 0.2) is 42.5 Å². The van der Waals surface area contributed by atoms with E-state index in [0.717, 1.165) is 16.7 Å². The number of hydrogen-bond acceptors (Lipinski definition) is 2. The first-order valence-corrected chi connectivity index (χ1v) is 11.6. The van der Waals surface area contributed by atoms with Crippen molar-refractivity contribution in [2.45, 2.75) is 19.6 Å². The van der Waals surface area contributed by atoms with Crippen molar-refractivity contribution in [2.24, 2.45) is 7.05 Å². The average Bonchev–Trinajstić information content (AvgIpc) is 2.92. The lowest BCUT2D eigenvalue weighted by Crippen LogP contribution is -2.40. The topological polar surface area (TPSA) is 41.6 Å². The van der Waals surface area contributed by atoms with Gasteiger partial charge in [-0.1, -0.05) is 37.8 Å². The summed E-state index contributed by atoms with van der Waals surface area (Å²) >= 11 is 0. The molecule has 24 heavy (non-hydrogen) atoms. The summed E-state index contributed by atoms with van der Waals surface area (Å²) in [5.41, 5.74) is 4.09. The molecule has 0 radical (unpaired) electrons. The molecule has 0 bridgehead atoms. The second kappa shape index (κ2) is 4.92. The quantitative estimate of drug-likeness (QED) is 0.490. The number of aryl methyl sites for hydroxylation is 1. The highest BCUT2D eigenvalue weighted by Crippen LogP contribution is 2.35. The fourth-order valence-corrected chi connectivity index (χ4v) is 5.70. The molecule has 0 spiro atoms. The van der Waals surface area contributed by atoms with E-state index in [1.165, 1.54) is 21.7 Å². The zero-order valence-corrected chi connectivity index (χ0v) is 15.4. The van der Waals surface area contributed by atoms with Gasteiger partial charge in [-0.3, -0.25) is 0 Å². The van der Waals surface area contributed by atoms with Gasteiger partial charge in [0.25, 0.3) is 0 Å². The van der Waals surface area contributed by atoms with Crippen LogP contribution in [0, 0.1) is 11.3 Å². The Hall–Kier alpha value is -2.64. The first-order chi connectivity index (χ1) is 11.4. The molecule has 0 saturated heterocycles. The Morgan fingerprint density at radius 1 is 1.04 bits per heavy atom. The molecule has 2 aliphatic rings. The van der Waals surface area contributed by atoms with Gasteiger partial charge >= 0.3 is 0 Å². The van der Waals surface area contributed by atoms with Crippen molar-refractivity contribution in [2.75, 3.05) is 0 Å². The number of benzene rings is 2. The maximum absolute atomic E-state index is 9.30. The minimum Gasteiger partial charge on any atom is -0.328 e. The van der Waals surface area contributed by atoms with Gasteiger partial charge in [-0.2, -0.15) is 5.26 Å². The van der Waals surface area contributed by atoms with E-state index < -0.39 is 8.07 Å². The summed E-state index contributed by atoms with van der Waals surface area (Å²) in [7, 11) is 0.449. The van der Waals surface area contributed by atoms with Crippen LogP contribution in [-0.4, -0.2) is 17.6 Å². The van der Waals surface area contributed by atoms with Gasteiger partial charge in [-0.05, 0) is 34.8 Å². The van der Waals surface area contributed by atoms with Crippen molar-refractivity contribution in [1.29, 1.82) is 5.26 Å². The molecule has 0 amide bonds.